The first-order valence-electron chi connectivity index (χ1n) is 8.43. The van der Waals surface area contributed by atoms with E-state index in [0.717, 1.165) is 0 Å². The zero-order valence-electron chi connectivity index (χ0n) is 14.8. The molecule has 0 unspecified atom stereocenters. The van der Waals surface area contributed by atoms with E-state index in [2.05, 4.69) is 15.2 Å². The summed E-state index contributed by atoms with van der Waals surface area (Å²) in [4.78, 5) is 30.4. The molecule has 7 nitrogen and oxygen atoms in total. The van der Waals surface area contributed by atoms with Crippen LogP contribution in [0.1, 0.15) is 20.7 Å². The summed E-state index contributed by atoms with van der Waals surface area (Å²) in [7, 11) is 1.57. The van der Waals surface area contributed by atoms with Crippen molar-refractivity contribution in [2.45, 2.75) is 5.16 Å². The Bertz CT molecular complexity index is 1030. The molecule has 28 heavy (non-hydrogen) atoms. The van der Waals surface area contributed by atoms with E-state index in [1.54, 1.807) is 49.6 Å². The van der Waals surface area contributed by atoms with E-state index in [4.69, 9.17) is 16.3 Å². The molecule has 2 aromatic carbocycles. The molecule has 0 spiro atoms. The van der Waals surface area contributed by atoms with Gasteiger partial charge in [-0.2, -0.15) is 0 Å². The van der Waals surface area contributed by atoms with Gasteiger partial charge >= 0.3 is 0 Å². The summed E-state index contributed by atoms with van der Waals surface area (Å²) >= 11 is 7.41. The number of benzene rings is 2. The second kappa shape index (κ2) is 7.65. The first-order valence-corrected chi connectivity index (χ1v) is 9.79. The Labute approximate surface area is 170 Å². The SMILES string of the molecule is COc1ccc(Cl)cc1-c1nc(SCCN2C(=O)c3ccccc3C2=O)n[nH]1. The van der Waals surface area contributed by atoms with Gasteiger partial charge in [0.1, 0.15) is 5.75 Å². The maximum absolute atomic E-state index is 12.4. The highest BCUT2D eigenvalue weighted by molar-refractivity contribution is 7.99. The number of rotatable bonds is 6. The van der Waals surface area contributed by atoms with Gasteiger partial charge in [0.25, 0.3) is 11.8 Å². The van der Waals surface area contributed by atoms with Gasteiger partial charge in [-0.05, 0) is 30.3 Å². The van der Waals surface area contributed by atoms with Crippen LogP contribution in [-0.2, 0) is 0 Å². The number of nitrogens with zero attached hydrogens (tertiary/aromatic N) is 3. The Morgan fingerprint density at radius 3 is 2.50 bits per heavy atom. The smallest absolute Gasteiger partial charge is 0.261 e. The van der Waals surface area contributed by atoms with Gasteiger partial charge in [0.15, 0.2) is 5.82 Å². The molecule has 2 amide bonds. The summed E-state index contributed by atoms with van der Waals surface area (Å²) < 4.78 is 5.33. The zero-order chi connectivity index (χ0) is 19.7. The summed E-state index contributed by atoms with van der Waals surface area (Å²) in [5.74, 6) is 1.11. The van der Waals surface area contributed by atoms with Crippen LogP contribution >= 0.6 is 23.4 Å². The summed E-state index contributed by atoms with van der Waals surface area (Å²) in [6.07, 6.45) is 0. The van der Waals surface area contributed by atoms with E-state index in [9.17, 15) is 9.59 Å². The van der Waals surface area contributed by atoms with Crippen LogP contribution in [0.2, 0.25) is 5.02 Å². The molecule has 3 aromatic rings. The number of thioether (sulfide) groups is 1. The van der Waals surface area contributed by atoms with Crippen molar-refractivity contribution in [2.24, 2.45) is 0 Å². The van der Waals surface area contributed by atoms with Crippen molar-refractivity contribution >= 4 is 35.2 Å². The zero-order valence-corrected chi connectivity index (χ0v) is 16.4. The first-order chi connectivity index (χ1) is 13.6. The quantitative estimate of drug-likeness (QED) is 0.490. The van der Waals surface area contributed by atoms with Gasteiger partial charge in [0.2, 0.25) is 5.16 Å². The first kappa shape index (κ1) is 18.5. The lowest BCUT2D eigenvalue weighted by Crippen LogP contribution is -2.31. The average molecular weight is 415 g/mol. The largest absolute Gasteiger partial charge is 0.496 e. The fourth-order valence-corrected chi connectivity index (χ4v) is 3.86. The summed E-state index contributed by atoms with van der Waals surface area (Å²) in [5, 5.41) is 8.12. The molecule has 1 aliphatic heterocycles. The number of H-pyrrole nitrogens is 1. The fraction of sp³-hybridized carbons (Fsp3) is 0.158. The average Bonchev–Trinajstić information content (AvgIpc) is 3.27. The molecular weight excluding hydrogens is 400 g/mol. The fourth-order valence-electron chi connectivity index (χ4n) is 2.97. The van der Waals surface area contributed by atoms with Crippen LogP contribution in [-0.4, -0.2) is 51.3 Å². The highest BCUT2D eigenvalue weighted by Crippen LogP contribution is 2.31. The Hall–Kier alpha value is -2.84. The normalized spacial score (nSPS) is 13.1. The van der Waals surface area contributed by atoms with E-state index in [1.165, 1.54) is 16.7 Å². The highest BCUT2D eigenvalue weighted by Gasteiger charge is 2.34. The van der Waals surface area contributed by atoms with E-state index in [-0.39, 0.29) is 18.4 Å². The van der Waals surface area contributed by atoms with E-state index < -0.39 is 0 Å². The number of nitrogens with one attached hydrogen (secondary N) is 1. The van der Waals surface area contributed by atoms with E-state index >= 15 is 0 Å². The Balaban J connectivity index is 1.42. The second-order valence-corrected chi connectivity index (χ2v) is 7.47. The molecule has 4 rings (SSSR count). The second-order valence-electron chi connectivity index (χ2n) is 5.97. The molecule has 1 aromatic heterocycles. The lowest BCUT2D eigenvalue weighted by molar-refractivity contribution is 0.0664. The van der Waals surface area contributed by atoms with Crippen molar-refractivity contribution in [1.82, 2.24) is 20.1 Å². The number of aromatic amines is 1. The number of halogens is 1. The monoisotopic (exact) mass is 414 g/mol. The Kier molecular flexibility index (Phi) is 5.06. The van der Waals surface area contributed by atoms with Gasteiger partial charge < -0.3 is 4.74 Å². The van der Waals surface area contributed by atoms with Crippen molar-refractivity contribution in [3.8, 4) is 17.1 Å². The highest BCUT2D eigenvalue weighted by atomic mass is 35.5. The molecule has 2 heterocycles. The Morgan fingerprint density at radius 2 is 1.82 bits per heavy atom. The maximum atomic E-state index is 12.4. The molecule has 0 fully saturated rings. The summed E-state index contributed by atoms with van der Waals surface area (Å²) in [6, 6.07) is 12.1. The lowest BCUT2D eigenvalue weighted by atomic mass is 10.1. The van der Waals surface area contributed by atoms with Crippen molar-refractivity contribution in [1.29, 1.82) is 0 Å². The minimum atomic E-state index is -0.263. The minimum Gasteiger partial charge on any atom is -0.496 e. The molecule has 0 radical (unpaired) electrons. The number of hydrogen-bond acceptors (Lipinski definition) is 6. The van der Waals surface area contributed by atoms with Gasteiger partial charge in [0.05, 0.1) is 23.8 Å². The van der Waals surface area contributed by atoms with Crippen molar-refractivity contribution in [3.05, 3.63) is 58.6 Å². The maximum Gasteiger partial charge on any atom is 0.261 e. The number of fused-ring (bicyclic) bond motifs is 1. The topological polar surface area (TPSA) is 88.2 Å². The molecule has 142 valence electrons. The van der Waals surface area contributed by atoms with Gasteiger partial charge in [-0.1, -0.05) is 35.5 Å². The third-order valence-electron chi connectivity index (χ3n) is 4.31. The Morgan fingerprint density at radius 1 is 1.11 bits per heavy atom. The standard InChI is InChI=1S/C19H15ClN4O3S/c1-27-15-7-6-11(20)10-14(15)16-21-19(23-22-16)28-9-8-24-17(25)12-4-2-3-5-13(12)18(24)26/h2-7,10H,8-9H2,1H3,(H,21,22,23). The van der Waals surface area contributed by atoms with Crippen LogP contribution < -0.4 is 4.74 Å². The van der Waals surface area contributed by atoms with Gasteiger partial charge in [-0.15, -0.1) is 5.10 Å². The number of methoxy groups -OCH3 is 1. The molecular formula is C19H15ClN4O3S. The molecule has 1 N–H and O–H groups in total. The van der Waals surface area contributed by atoms with Gasteiger partial charge in [0, 0.05) is 17.3 Å². The van der Waals surface area contributed by atoms with Gasteiger partial charge in [-0.3, -0.25) is 19.6 Å². The van der Waals surface area contributed by atoms with Crippen molar-refractivity contribution in [2.75, 3.05) is 19.4 Å². The summed E-state index contributed by atoms with van der Waals surface area (Å²) in [6.45, 7) is 0.279. The third kappa shape index (κ3) is 3.36. The molecule has 0 atom stereocenters. The van der Waals surface area contributed by atoms with Crippen LogP contribution in [0.25, 0.3) is 11.4 Å². The molecule has 9 heteroatoms. The minimum absolute atomic E-state index is 0.263. The van der Waals surface area contributed by atoms with Gasteiger partial charge in [-0.25, -0.2) is 4.98 Å². The number of hydrogen-bond donors (Lipinski definition) is 1. The van der Waals surface area contributed by atoms with E-state index in [1.807, 2.05) is 0 Å². The molecule has 0 saturated heterocycles. The molecule has 0 saturated carbocycles. The third-order valence-corrected chi connectivity index (χ3v) is 5.37. The van der Waals surface area contributed by atoms with Crippen LogP contribution in [0, 0.1) is 0 Å². The predicted octanol–water partition coefficient (Wildman–Crippen LogP) is 3.52. The van der Waals surface area contributed by atoms with Crippen LogP contribution in [0.5, 0.6) is 5.75 Å². The molecule has 0 aliphatic carbocycles. The van der Waals surface area contributed by atoms with Crippen molar-refractivity contribution < 1.29 is 14.3 Å². The molecule has 1 aliphatic rings. The predicted molar refractivity (Wildman–Crippen MR) is 106 cm³/mol. The van der Waals surface area contributed by atoms with Crippen LogP contribution in [0.15, 0.2) is 47.6 Å². The number of amides is 2. The number of carbonyl (C=O) groups is 2. The van der Waals surface area contributed by atoms with Crippen molar-refractivity contribution in [3.63, 3.8) is 0 Å². The number of imide groups is 1. The lowest BCUT2D eigenvalue weighted by Gasteiger charge is -2.12. The van der Waals surface area contributed by atoms with Crippen LogP contribution in [0.3, 0.4) is 0 Å². The molecule has 0 bridgehead atoms. The van der Waals surface area contributed by atoms with Crippen LogP contribution in [0.4, 0.5) is 0 Å². The number of carbonyl (C=O) groups excluding carboxylic acids is 2. The summed E-state index contributed by atoms with van der Waals surface area (Å²) in [5.41, 5.74) is 1.60. The number of ether oxygens (including phenoxy) is 1. The number of aromatic nitrogens is 3. The van der Waals surface area contributed by atoms with E-state index in [0.29, 0.717) is 44.2 Å².